The molecular formula is C16H25NO3S. The van der Waals surface area contributed by atoms with Gasteiger partial charge in [0.15, 0.2) is 0 Å². The molecule has 0 aliphatic heterocycles. The zero-order valence-corrected chi connectivity index (χ0v) is 13.6. The van der Waals surface area contributed by atoms with Crippen LogP contribution in [-0.4, -0.2) is 26.2 Å². The number of hydrogen-bond acceptors (Lipinski definition) is 3. The zero-order chi connectivity index (χ0) is 15.5. The minimum Gasteiger partial charge on any atom is -0.391 e. The quantitative estimate of drug-likeness (QED) is 0.878. The van der Waals surface area contributed by atoms with Crippen LogP contribution in [0.25, 0.3) is 0 Å². The average Bonchev–Trinajstić information content (AvgIpc) is 2.48. The van der Waals surface area contributed by atoms with Crippen LogP contribution in [0.15, 0.2) is 23.1 Å². The first kappa shape index (κ1) is 16.5. The van der Waals surface area contributed by atoms with Crippen molar-refractivity contribution in [3.8, 4) is 0 Å². The number of rotatable bonds is 5. The Labute approximate surface area is 127 Å². The first-order chi connectivity index (χ1) is 9.90. The van der Waals surface area contributed by atoms with Crippen molar-refractivity contribution < 1.29 is 13.5 Å². The highest BCUT2D eigenvalue weighted by molar-refractivity contribution is 7.89. The van der Waals surface area contributed by atoms with E-state index in [1.807, 2.05) is 19.1 Å². The molecule has 2 rings (SSSR count). The molecule has 0 heterocycles. The second-order valence-corrected chi connectivity index (χ2v) is 7.82. The van der Waals surface area contributed by atoms with E-state index < -0.39 is 16.1 Å². The van der Waals surface area contributed by atoms with Crippen LogP contribution >= 0.6 is 0 Å². The maximum absolute atomic E-state index is 12.4. The first-order valence-electron chi connectivity index (χ1n) is 7.65. The molecule has 4 nitrogen and oxygen atoms in total. The van der Waals surface area contributed by atoms with Gasteiger partial charge in [0.25, 0.3) is 0 Å². The van der Waals surface area contributed by atoms with E-state index in [2.05, 4.69) is 4.72 Å². The molecule has 1 fully saturated rings. The van der Waals surface area contributed by atoms with Crippen molar-refractivity contribution in [2.45, 2.75) is 57.0 Å². The lowest BCUT2D eigenvalue weighted by Crippen LogP contribution is -2.37. The van der Waals surface area contributed by atoms with Gasteiger partial charge in [-0.15, -0.1) is 0 Å². The van der Waals surface area contributed by atoms with Crippen LogP contribution in [0.3, 0.4) is 0 Å². The second kappa shape index (κ2) is 6.90. The number of aliphatic hydroxyl groups excluding tert-OH is 1. The normalized spacial score (nSPS) is 18.6. The van der Waals surface area contributed by atoms with Crippen LogP contribution in [0.5, 0.6) is 0 Å². The van der Waals surface area contributed by atoms with Gasteiger partial charge in [-0.3, -0.25) is 0 Å². The molecule has 0 spiro atoms. The molecule has 1 atom stereocenters. The van der Waals surface area contributed by atoms with E-state index in [0.29, 0.717) is 4.90 Å². The molecular weight excluding hydrogens is 286 g/mol. The molecule has 1 saturated carbocycles. The highest BCUT2D eigenvalue weighted by Crippen LogP contribution is 2.26. The summed E-state index contributed by atoms with van der Waals surface area (Å²) in [6.45, 7) is 3.75. The number of benzene rings is 1. The topological polar surface area (TPSA) is 66.4 Å². The van der Waals surface area contributed by atoms with Crippen molar-refractivity contribution in [3.05, 3.63) is 29.3 Å². The molecule has 1 aromatic rings. The van der Waals surface area contributed by atoms with Crippen LogP contribution in [0.2, 0.25) is 0 Å². The van der Waals surface area contributed by atoms with Crippen LogP contribution in [-0.2, 0) is 10.0 Å². The zero-order valence-electron chi connectivity index (χ0n) is 12.8. The number of hydrogen-bond donors (Lipinski definition) is 2. The SMILES string of the molecule is Cc1ccc(C)c(S(=O)(=O)NC[C@@H](O)C2CCCCC2)c1. The Kier molecular flexibility index (Phi) is 5.41. The lowest BCUT2D eigenvalue weighted by Gasteiger charge is -2.26. The van der Waals surface area contributed by atoms with E-state index in [0.717, 1.165) is 36.8 Å². The second-order valence-electron chi connectivity index (χ2n) is 6.09. The highest BCUT2D eigenvalue weighted by Gasteiger charge is 2.24. The fraction of sp³-hybridized carbons (Fsp3) is 0.625. The van der Waals surface area contributed by atoms with Crippen molar-refractivity contribution in [1.82, 2.24) is 4.72 Å². The van der Waals surface area contributed by atoms with Gasteiger partial charge in [-0.1, -0.05) is 31.4 Å². The summed E-state index contributed by atoms with van der Waals surface area (Å²) < 4.78 is 27.3. The summed E-state index contributed by atoms with van der Waals surface area (Å²) in [6.07, 6.45) is 4.87. The molecule has 2 N–H and O–H groups in total. The Bertz CT molecular complexity index is 577. The smallest absolute Gasteiger partial charge is 0.240 e. The number of nitrogens with one attached hydrogen (secondary N) is 1. The van der Waals surface area contributed by atoms with Gasteiger partial charge >= 0.3 is 0 Å². The highest BCUT2D eigenvalue weighted by atomic mass is 32.2. The van der Waals surface area contributed by atoms with Gasteiger partial charge in [0.05, 0.1) is 11.0 Å². The Hall–Kier alpha value is -0.910. The summed E-state index contributed by atoms with van der Waals surface area (Å²) in [5.41, 5.74) is 1.63. The molecule has 5 heteroatoms. The summed E-state index contributed by atoms with van der Waals surface area (Å²) >= 11 is 0. The predicted molar refractivity (Wildman–Crippen MR) is 83.7 cm³/mol. The molecule has 0 amide bonds. The molecule has 1 aliphatic rings. The third-order valence-corrected chi connectivity index (χ3v) is 5.88. The molecule has 118 valence electrons. The predicted octanol–water partition coefficient (Wildman–Crippen LogP) is 2.52. The van der Waals surface area contributed by atoms with Gasteiger partial charge < -0.3 is 5.11 Å². The standard InChI is InChI=1S/C16H25NO3S/c1-12-8-9-13(2)16(10-12)21(19,20)17-11-15(18)14-6-4-3-5-7-14/h8-10,14-15,17-18H,3-7,11H2,1-2H3/t15-/m1/s1. The molecule has 0 bridgehead atoms. The van der Waals surface area contributed by atoms with Crippen molar-refractivity contribution in [1.29, 1.82) is 0 Å². The minimum absolute atomic E-state index is 0.0976. The number of aliphatic hydroxyl groups is 1. The third kappa shape index (κ3) is 4.28. The third-order valence-electron chi connectivity index (χ3n) is 4.31. The molecule has 21 heavy (non-hydrogen) atoms. The largest absolute Gasteiger partial charge is 0.391 e. The molecule has 0 radical (unpaired) electrons. The lowest BCUT2D eigenvalue weighted by molar-refractivity contribution is 0.0888. The molecule has 0 saturated heterocycles. The first-order valence-corrected chi connectivity index (χ1v) is 9.13. The Morgan fingerprint density at radius 3 is 2.57 bits per heavy atom. The fourth-order valence-corrected chi connectivity index (χ4v) is 4.33. The molecule has 0 unspecified atom stereocenters. The summed E-state index contributed by atoms with van der Waals surface area (Å²) in [5.74, 6) is 0.222. The van der Waals surface area contributed by atoms with Gasteiger partial charge in [-0.25, -0.2) is 13.1 Å². The summed E-state index contributed by atoms with van der Waals surface area (Å²) in [4.78, 5) is 0.304. The maximum Gasteiger partial charge on any atom is 0.240 e. The van der Waals surface area contributed by atoms with Gasteiger partial charge in [0, 0.05) is 6.54 Å². The van der Waals surface area contributed by atoms with E-state index in [-0.39, 0.29) is 12.5 Å². The van der Waals surface area contributed by atoms with Gasteiger partial charge in [-0.2, -0.15) is 0 Å². The Morgan fingerprint density at radius 2 is 1.90 bits per heavy atom. The maximum atomic E-state index is 12.4. The van der Waals surface area contributed by atoms with Crippen LogP contribution in [0, 0.1) is 19.8 Å². The van der Waals surface area contributed by atoms with E-state index in [1.54, 1.807) is 13.0 Å². The van der Waals surface area contributed by atoms with Gasteiger partial charge in [0.1, 0.15) is 0 Å². The summed E-state index contributed by atoms with van der Waals surface area (Å²) in [6, 6.07) is 5.37. The van der Waals surface area contributed by atoms with E-state index in [9.17, 15) is 13.5 Å². The van der Waals surface area contributed by atoms with E-state index in [4.69, 9.17) is 0 Å². The fourth-order valence-electron chi connectivity index (χ4n) is 2.96. The van der Waals surface area contributed by atoms with Crippen LogP contribution in [0.1, 0.15) is 43.2 Å². The Balaban J connectivity index is 2.02. The van der Waals surface area contributed by atoms with Crippen molar-refractivity contribution in [3.63, 3.8) is 0 Å². The lowest BCUT2D eigenvalue weighted by atomic mass is 9.85. The average molecular weight is 311 g/mol. The molecule has 0 aromatic heterocycles. The summed E-state index contributed by atoms with van der Waals surface area (Å²) in [5, 5.41) is 10.2. The van der Waals surface area contributed by atoms with E-state index >= 15 is 0 Å². The number of aryl methyl sites for hydroxylation is 2. The van der Waals surface area contributed by atoms with E-state index in [1.165, 1.54) is 6.42 Å². The monoisotopic (exact) mass is 311 g/mol. The van der Waals surface area contributed by atoms with Crippen molar-refractivity contribution in [2.24, 2.45) is 5.92 Å². The minimum atomic E-state index is -3.56. The van der Waals surface area contributed by atoms with Crippen molar-refractivity contribution in [2.75, 3.05) is 6.54 Å². The molecule has 1 aromatic carbocycles. The molecule has 1 aliphatic carbocycles. The van der Waals surface area contributed by atoms with Crippen molar-refractivity contribution >= 4 is 10.0 Å². The van der Waals surface area contributed by atoms with Gasteiger partial charge in [-0.05, 0) is 49.8 Å². The Morgan fingerprint density at radius 1 is 1.24 bits per heavy atom. The number of sulfonamides is 1. The van der Waals surface area contributed by atoms with Crippen LogP contribution in [0.4, 0.5) is 0 Å². The van der Waals surface area contributed by atoms with Gasteiger partial charge in [0.2, 0.25) is 10.0 Å². The van der Waals surface area contributed by atoms with Crippen LogP contribution < -0.4 is 4.72 Å². The summed E-state index contributed by atoms with van der Waals surface area (Å²) in [7, 11) is -3.56.